The first-order valence-corrected chi connectivity index (χ1v) is 7.78. The van der Waals surface area contributed by atoms with Gasteiger partial charge < -0.3 is 9.84 Å². The first-order valence-electron chi connectivity index (χ1n) is 6.61. The second-order valence-corrected chi connectivity index (χ2v) is 6.43. The Morgan fingerprint density at radius 1 is 1.29 bits per heavy atom. The Morgan fingerprint density at radius 2 is 2.10 bits per heavy atom. The van der Waals surface area contributed by atoms with Crippen LogP contribution in [-0.4, -0.2) is 11.7 Å². The van der Waals surface area contributed by atoms with Crippen molar-refractivity contribution in [1.82, 2.24) is 0 Å². The van der Waals surface area contributed by atoms with Crippen LogP contribution in [0.15, 0.2) is 34.8 Å². The molecule has 0 saturated heterocycles. The van der Waals surface area contributed by atoms with Crippen LogP contribution in [0, 0.1) is 5.82 Å². The van der Waals surface area contributed by atoms with Crippen LogP contribution in [-0.2, 0) is 12.8 Å². The molecular formula is C16H13BrClFO2. The highest BCUT2D eigenvalue weighted by Gasteiger charge is 2.20. The van der Waals surface area contributed by atoms with Gasteiger partial charge in [0, 0.05) is 22.3 Å². The Balaban J connectivity index is 1.90. The highest BCUT2D eigenvalue weighted by molar-refractivity contribution is 9.10. The molecule has 0 aliphatic carbocycles. The van der Waals surface area contributed by atoms with E-state index in [1.54, 1.807) is 12.1 Å². The molecule has 0 amide bonds. The lowest BCUT2D eigenvalue weighted by Crippen LogP contribution is -2.04. The van der Waals surface area contributed by atoms with Crippen molar-refractivity contribution in [3.63, 3.8) is 0 Å². The first-order chi connectivity index (χ1) is 10.0. The summed E-state index contributed by atoms with van der Waals surface area (Å²) in [6.45, 7) is 0.629. The molecule has 1 atom stereocenters. The Kier molecular flexibility index (Phi) is 4.20. The van der Waals surface area contributed by atoms with Crippen LogP contribution in [0.25, 0.3) is 0 Å². The van der Waals surface area contributed by atoms with Crippen LogP contribution in [0.2, 0.25) is 5.02 Å². The van der Waals surface area contributed by atoms with Crippen LogP contribution < -0.4 is 4.74 Å². The summed E-state index contributed by atoms with van der Waals surface area (Å²) in [7, 11) is 0. The monoisotopic (exact) mass is 370 g/mol. The van der Waals surface area contributed by atoms with Gasteiger partial charge in [-0.3, -0.25) is 0 Å². The van der Waals surface area contributed by atoms with E-state index in [1.807, 2.05) is 6.07 Å². The van der Waals surface area contributed by atoms with E-state index in [0.29, 0.717) is 28.1 Å². The third kappa shape index (κ3) is 3.23. The number of aliphatic hydroxyl groups excluding tert-OH is 1. The average Bonchev–Trinajstić information content (AvgIpc) is 2.85. The molecule has 1 unspecified atom stereocenters. The van der Waals surface area contributed by atoms with E-state index < -0.39 is 6.10 Å². The van der Waals surface area contributed by atoms with Crippen LogP contribution in [0.1, 0.15) is 22.8 Å². The summed E-state index contributed by atoms with van der Waals surface area (Å²) in [6.07, 6.45) is 0.340. The van der Waals surface area contributed by atoms with Crippen molar-refractivity contribution in [2.45, 2.75) is 18.9 Å². The molecule has 0 radical (unpaired) electrons. The van der Waals surface area contributed by atoms with Gasteiger partial charge in [-0.05, 0) is 47.0 Å². The molecule has 1 aliphatic rings. The number of benzene rings is 2. The minimum atomic E-state index is -0.816. The van der Waals surface area contributed by atoms with E-state index in [2.05, 4.69) is 15.9 Å². The van der Waals surface area contributed by atoms with Crippen LogP contribution in [0.4, 0.5) is 4.39 Å². The fraction of sp³-hybridized carbons (Fsp3) is 0.250. The third-order valence-electron chi connectivity index (χ3n) is 3.51. The van der Waals surface area contributed by atoms with Crippen molar-refractivity contribution in [1.29, 1.82) is 0 Å². The first kappa shape index (κ1) is 14.8. The average molecular weight is 372 g/mol. The van der Waals surface area contributed by atoms with Crippen molar-refractivity contribution >= 4 is 27.5 Å². The van der Waals surface area contributed by atoms with Gasteiger partial charge >= 0.3 is 0 Å². The highest BCUT2D eigenvalue weighted by Crippen LogP contribution is 2.35. The summed E-state index contributed by atoms with van der Waals surface area (Å²) in [5, 5.41) is 11.0. The number of halogens is 3. The van der Waals surface area contributed by atoms with Gasteiger partial charge in [0.15, 0.2) is 0 Å². The van der Waals surface area contributed by atoms with Gasteiger partial charge in [-0.2, -0.15) is 0 Å². The maximum absolute atomic E-state index is 13.4. The summed E-state index contributed by atoms with van der Waals surface area (Å²) >= 11 is 9.33. The summed E-state index contributed by atoms with van der Waals surface area (Å²) in [4.78, 5) is 0. The number of fused-ring (bicyclic) bond motifs is 1. The maximum Gasteiger partial charge on any atom is 0.126 e. The molecule has 110 valence electrons. The lowest BCUT2D eigenvalue weighted by atomic mass is 9.98. The van der Waals surface area contributed by atoms with E-state index in [0.717, 1.165) is 23.3 Å². The second-order valence-electron chi connectivity index (χ2n) is 5.07. The topological polar surface area (TPSA) is 29.5 Å². The fourth-order valence-electron chi connectivity index (χ4n) is 2.59. The van der Waals surface area contributed by atoms with Crippen LogP contribution >= 0.6 is 27.5 Å². The lowest BCUT2D eigenvalue weighted by molar-refractivity contribution is 0.176. The molecule has 0 aromatic heterocycles. The number of hydrogen-bond acceptors (Lipinski definition) is 2. The minimum absolute atomic E-state index is 0.332. The zero-order valence-corrected chi connectivity index (χ0v) is 13.4. The highest BCUT2D eigenvalue weighted by atomic mass is 79.9. The summed E-state index contributed by atoms with van der Waals surface area (Å²) in [5.74, 6) is 0.417. The van der Waals surface area contributed by atoms with Crippen molar-refractivity contribution in [2.24, 2.45) is 0 Å². The number of aliphatic hydroxyl groups is 1. The van der Waals surface area contributed by atoms with Crippen molar-refractivity contribution < 1.29 is 14.2 Å². The van der Waals surface area contributed by atoms with Crippen molar-refractivity contribution in [3.8, 4) is 5.75 Å². The van der Waals surface area contributed by atoms with E-state index >= 15 is 0 Å². The molecule has 5 heteroatoms. The number of rotatable bonds is 3. The van der Waals surface area contributed by atoms with Gasteiger partial charge in [0.1, 0.15) is 11.6 Å². The summed E-state index contributed by atoms with van der Waals surface area (Å²) in [6, 6.07) is 8.08. The zero-order chi connectivity index (χ0) is 15.0. The Morgan fingerprint density at radius 3 is 2.86 bits per heavy atom. The number of hydrogen-bond donors (Lipinski definition) is 1. The second kappa shape index (κ2) is 5.95. The van der Waals surface area contributed by atoms with Crippen LogP contribution in [0.3, 0.4) is 0 Å². The Bertz CT molecular complexity index is 670. The molecular weight excluding hydrogens is 359 g/mol. The van der Waals surface area contributed by atoms with E-state index in [-0.39, 0.29) is 5.82 Å². The van der Waals surface area contributed by atoms with Gasteiger partial charge in [-0.25, -0.2) is 4.39 Å². The quantitative estimate of drug-likeness (QED) is 0.863. The van der Waals surface area contributed by atoms with Gasteiger partial charge in [0.05, 0.1) is 12.7 Å². The molecule has 1 N–H and O–H groups in total. The van der Waals surface area contributed by atoms with Gasteiger partial charge in [-0.15, -0.1) is 0 Å². The Labute approximate surface area is 135 Å². The number of ether oxygens (including phenoxy) is 1. The molecule has 1 heterocycles. The van der Waals surface area contributed by atoms with Gasteiger partial charge in [-0.1, -0.05) is 27.5 Å². The van der Waals surface area contributed by atoms with E-state index in [9.17, 15) is 9.50 Å². The maximum atomic E-state index is 13.4. The van der Waals surface area contributed by atoms with E-state index in [4.69, 9.17) is 16.3 Å². The summed E-state index contributed by atoms with van der Waals surface area (Å²) in [5.41, 5.74) is 2.43. The van der Waals surface area contributed by atoms with Gasteiger partial charge in [0.25, 0.3) is 0 Å². The molecule has 21 heavy (non-hydrogen) atoms. The van der Waals surface area contributed by atoms with E-state index in [1.165, 1.54) is 12.1 Å². The van der Waals surface area contributed by atoms with Crippen molar-refractivity contribution in [3.05, 3.63) is 62.3 Å². The minimum Gasteiger partial charge on any atom is -0.493 e. The predicted molar refractivity (Wildman–Crippen MR) is 83.4 cm³/mol. The zero-order valence-electron chi connectivity index (χ0n) is 11.1. The Hall–Kier alpha value is -1.10. The molecule has 2 nitrogen and oxygen atoms in total. The van der Waals surface area contributed by atoms with Crippen LogP contribution in [0.5, 0.6) is 5.75 Å². The van der Waals surface area contributed by atoms with Crippen molar-refractivity contribution in [2.75, 3.05) is 6.61 Å². The largest absolute Gasteiger partial charge is 0.493 e. The molecule has 0 bridgehead atoms. The standard InChI is InChI=1S/C16H13BrClFO2/c17-12-3-10(6-14(19)8-12)15(20)7-11-5-13(18)4-9-1-2-21-16(9)11/h3-6,8,15,20H,1-2,7H2. The fourth-order valence-corrected chi connectivity index (χ4v) is 3.34. The lowest BCUT2D eigenvalue weighted by Gasteiger charge is -2.14. The molecule has 0 saturated carbocycles. The molecule has 2 aromatic carbocycles. The molecule has 0 spiro atoms. The SMILES string of the molecule is OC(Cc1cc(Cl)cc2c1OCC2)c1cc(F)cc(Br)c1. The third-order valence-corrected chi connectivity index (χ3v) is 4.18. The van der Waals surface area contributed by atoms with Gasteiger partial charge in [0.2, 0.25) is 0 Å². The molecule has 1 aliphatic heterocycles. The molecule has 0 fully saturated rings. The normalized spacial score (nSPS) is 14.7. The summed E-state index contributed by atoms with van der Waals surface area (Å²) < 4.78 is 19.6. The molecule has 2 aromatic rings. The molecule has 3 rings (SSSR count). The smallest absolute Gasteiger partial charge is 0.126 e. The predicted octanol–water partition coefficient (Wildman–Crippen LogP) is 4.45.